The van der Waals surface area contributed by atoms with E-state index in [-0.39, 0.29) is 0 Å². The third kappa shape index (κ3) is 8.61. The zero-order valence-electron chi connectivity index (χ0n) is 6.77. The highest BCUT2D eigenvalue weighted by atomic mass is 16.4. The van der Waals surface area contributed by atoms with E-state index in [0.717, 1.165) is 6.29 Å². The van der Waals surface area contributed by atoms with Crippen molar-refractivity contribution in [3.05, 3.63) is 0 Å². The molecule has 0 aliphatic rings. The first-order valence-corrected chi connectivity index (χ1v) is 2.91. The standard InChI is InChI=1S/C4H8N2O2.C2H4O/c1-3(5-7)4(2)6-8;1-2-3/h7-8H,1-2H3;2H,1H3/b5-3+,6-4+;. The smallest absolute Gasteiger partial charge is 0.116 e. The summed E-state index contributed by atoms with van der Waals surface area (Å²) in [6.07, 6.45) is 0.750. The minimum absolute atomic E-state index is 0.313. The van der Waals surface area contributed by atoms with Gasteiger partial charge >= 0.3 is 0 Å². The van der Waals surface area contributed by atoms with Crippen LogP contribution >= 0.6 is 0 Å². The Kier molecular flexibility index (Phi) is 9.63. The van der Waals surface area contributed by atoms with Crippen molar-refractivity contribution in [3.8, 4) is 0 Å². The van der Waals surface area contributed by atoms with Gasteiger partial charge in [0.2, 0.25) is 0 Å². The molecule has 11 heavy (non-hydrogen) atoms. The Morgan fingerprint density at radius 1 is 1.18 bits per heavy atom. The van der Waals surface area contributed by atoms with E-state index >= 15 is 0 Å². The van der Waals surface area contributed by atoms with E-state index in [9.17, 15) is 0 Å². The lowest BCUT2D eigenvalue weighted by Crippen LogP contribution is -2.04. The first-order chi connectivity index (χ1) is 5.13. The van der Waals surface area contributed by atoms with Crippen LogP contribution in [0.15, 0.2) is 10.3 Å². The number of hydrogen-bond acceptors (Lipinski definition) is 5. The Morgan fingerprint density at radius 2 is 1.36 bits per heavy atom. The summed E-state index contributed by atoms with van der Waals surface area (Å²) >= 11 is 0. The van der Waals surface area contributed by atoms with Gasteiger partial charge in [0, 0.05) is 0 Å². The number of hydrogen-bond donors (Lipinski definition) is 2. The fourth-order valence-electron chi connectivity index (χ4n) is 0.145. The Hall–Kier alpha value is -1.39. The van der Waals surface area contributed by atoms with E-state index in [1.165, 1.54) is 20.8 Å². The van der Waals surface area contributed by atoms with E-state index in [4.69, 9.17) is 15.2 Å². The van der Waals surface area contributed by atoms with Crippen molar-refractivity contribution in [2.45, 2.75) is 20.8 Å². The third-order valence-corrected chi connectivity index (χ3v) is 0.824. The van der Waals surface area contributed by atoms with E-state index in [2.05, 4.69) is 10.3 Å². The maximum Gasteiger partial charge on any atom is 0.116 e. The number of carbonyl (C=O) groups excluding carboxylic acids is 1. The molecule has 0 atom stereocenters. The summed E-state index contributed by atoms with van der Waals surface area (Å²) in [4.78, 5) is 8.81. The van der Waals surface area contributed by atoms with Crippen LogP contribution in [0.2, 0.25) is 0 Å². The Labute approximate surface area is 65.0 Å². The van der Waals surface area contributed by atoms with Gasteiger partial charge in [-0.25, -0.2) is 0 Å². The number of nitrogens with zero attached hydrogens (tertiary/aromatic N) is 2. The molecule has 0 aromatic rings. The van der Waals surface area contributed by atoms with Gasteiger partial charge in [-0.3, -0.25) is 0 Å². The van der Waals surface area contributed by atoms with Gasteiger partial charge < -0.3 is 15.2 Å². The molecule has 5 nitrogen and oxygen atoms in total. The molecule has 64 valence electrons. The fourth-order valence-corrected chi connectivity index (χ4v) is 0.145. The van der Waals surface area contributed by atoms with Gasteiger partial charge in [-0.2, -0.15) is 0 Å². The monoisotopic (exact) mass is 160 g/mol. The van der Waals surface area contributed by atoms with Crippen LogP contribution in [0.25, 0.3) is 0 Å². The van der Waals surface area contributed by atoms with Crippen molar-refractivity contribution in [3.63, 3.8) is 0 Å². The summed E-state index contributed by atoms with van der Waals surface area (Å²) in [5.41, 5.74) is 0.625. The number of carbonyl (C=O) groups is 1. The third-order valence-electron chi connectivity index (χ3n) is 0.824. The summed E-state index contributed by atoms with van der Waals surface area (Å²) in [6, 6.07) is 0. The van der Waals surface area contributed by atoms with Gasteiger partial charge in [0.15, 0.2) is 0 Å². The first-order valence-electron chi connectivity index (χ1n) is 2.91. The second-order valence-electron chi connectivity index (χ2n) is 1.61. The van der Waals surface area contributed by atoms with Crippen molar-refractivity contribution >= 4 is 17.7 Å². The SMILES string of the molecule is CC(=N\O)/C(C)=N/O.CC=O. The summed E-state index contributed by atoms with van der Waals surface area (Å²) < 4.78 is 0. The highest BCUT2D eigenvalue weighted by Crippen LogP contribution is 1.79. The highest BCUT2D eigenvalue weighted by molar-refractivity contribution is 6.40. The fraction of sp³-hybridized carbons (Fsp3) is 0.500. The van der Waals surface area contributed by atoms with Crippen LogP contribution < -0.4 is 0 Å². The number of oxime groups is 2. The van der Waals surface area contributed by atoms with Gasteiger partial charge in [0.05, 0.1) is 0 Å². The van der Waals surface area contributed by atoms with Crippen LogP contribution in [-0.2, 0) is 4.79 Å². The molecular formula is C6H12N2O3. The molecule has 0 spiro atoms. The zero-order valence-corrected chi connectivity index (χ0v) is 6.77. The molecule has 0 bridgehead atoms. The molecule has 0 amide bonds. The molecule has 2 N–H and O–H groups in total. The molecule has 0 saturated heterocycles. The maximum atomic E-state index is 8.81. The first kappa shape index (κ1) is 12.3. The topological polar surface area (TPSA) is 82.2 Å². The van der Waals surface area contributed by atoms with E-state index < -0.39 is 0 Å². The minimum atomic E-state index is 0.313. The van der Waals surface area contributed by atoms with Crippen LogP contribution in [-0.4, -0.2) is 28.1 Å². The van der Waals surface area contributed by atoms with Crippen LogP contribution in [0.4, 0.5) is 0 Å². The molecule has 0 fully saturated rings. The quantitative estimate of drug-likeness (QED) is 0.258. The molecule has 0 aliphatic heterocycles. The van der Waals surface area contributed by atoms with Crippen molar-refractivity contribution < 1.29 is 15.2 Å². The zero-order chi connectivity index (χ0) is 9.28. The van der Waals surface area contributed by atoms with Crippen molar-refractivity contribution in [2.24, 2.45) is 10.3 Å². The number of rotatable bonds is 1. The molecule has 0 aromatic heterocycles. The van der Waals surface area contributed by atoms with Crippen molar-refractivity contribution in [2.75, 3.05) is 0 Å². The lowest BCUT2D eigenvalue weighted by Gasteiger charge is -1.88. The predicted molar refractivity (Wildman–Crippen MR) is 41.5 cm³/mol. The number of aldehydes is 1. The van der Waals surface area contributed by atoms with Gasteiger partial charge in [0.25, 0.3) is 0 Å². The normalized spacial score (nSPS) is 11.5. The molecule has 0 rings (SSSR count). The predicted octanol–water partition coefficient (Wildman–Crippen LogP) is 0.892. The molecule has 0 heterocycles. The van der Waals surface area contributed by atoms with Gasteiger partial charge in [-0.05, 0) is 20.8 Å². The average Bonchev–Trinajstić information content (AvgIpc) is 2.03. The average molecular weight is 160 g/mol. The summed E-state index contributed by atoms with van der Waals surface area (Å²) in [5, 5.41) is 21.6. The maximum absolute atomic E-state index is 8.81. The Morgan fingerprint density at radius 3 is 1.45 bits per heavy atom. The molecule has 0 unspecified atom stereocenters. The summed E-state index contributed by atoms with van der Waals surface area (Å²) in [6.45, 7) is 4.52. The van der Waals surface area contributed by atoms with E-state index in [1.54, 1.807) is 0 Å². The molecule has 0 aliphatic carbocycles. The minimum Gasteiger partial charge on any atom is -0.411 e. The summed E-state index contributed by atoms with van der Waals surface area (Å²) in [7, 11) is 0. The molecule has 0 saturated carbocycles. The molecule has 0 aromatic carbocycles. The van der Waals surface area contributed by atoms with Gasteiger partial charge in [0.1, 0.15) is 17.7 Å². The van der Waals surface area contributed by atoms with Crippen LogP contribution in [0.5, 0.6) is 0 Å². The van der Waals surface area contributed by atoms with E-state index in [1.807, 2.05) is 0 Å². The summed E-state index contributed by atoms with van der Waals surface area (Å²) in [5.74, 6) is 0. The van der Waals surface area contributed by atoms with Crippen molar-refractivity contribution in [1.82, 2.24) is 0 Å². The molecule has 5 heteroatoms. The molecule has 0 radical (unpaired) electrons. The molecular weight excluding hydrogens is 148 g/mol. The second kappa shape index (κ2) is 8.61. The van der Waals surface area contributed by atoms with Crippen LogP contribution in [0.1, 0.15) is 20.8 Å². The Balaban J connectivity index is 0. The lowest BCUT2D eigenvalue weighted by atomic mass is 10.3. The second-order valence-corrected chi connectivity index (χ2v) is 1.61. The van der Waals surface area contributed by atoms with Crippen LogP contribution in [0.3, 0.4) is 0 Å². The van der Waals surface area contributed by atoms with Gasteiger partial charge in [-0.15, -0.1) is 0 Å². The Bertz CT molecular complexity index is 147. The van der Waals surface area contributed by atoms with Crippen LogP contribution in [0, 0.1) is 0 Å². The van der Waals surface area contributed by atoms with Crippen molar-refractivity contribution in [1.29, 1.82) is 0 Å². The largest absolute Gasteiger partial charge is 0.411 e. The van der Waals surface area contributed by atoms with Gasteiger partial charge in [-0.1, -0.05) is 10.3 Å². The highest BCUT2D eigenvalue weighted by Gasteiger charge is 1.93. The van der Waals surface area contributed by atoms with E-state index in [0.29, 0.717) is 11.4 Å². The lowest BCUT2D eigenvalue weighted by molar-refractivity contribution is -0.106.